The SMILES string of the molecule is CCCCc1ccc(-c2ccc(B(O)O)c(F)n2)cc1. The van der Waals surface area contributed by atoms with Crippen molar-refractivity contribution < 1.29 is 14.4 Å². The van der Waals surface area contributed by atoms with E-state index >= 15 is 0 Å². The third kappa shape index (κ3) is 3.43. The molecule has 0 saturated heterocycles. The Morgan fingerprint density at radius 1 is 1.10 bits per heavy atom. The van der Waals surface area contributed by atoms with E-state index in [9.17, 15) is 4.39 Å². The first kappa shape index (κ1) is 14.7. The van der Waals surface area contributed by atoms with Crippen molar-refractivity contribution in [1.82, 2.24) is 4.98 Å². The zero-order valence-corrected chi connectivity index (χ0v) is 11.4. The Kier molecular flexibility index (Phi) is 4.87. The minimum Gasteiger partial charge on any atom is -0.423 e. The fourth-order valence-electron chi connectivity index (χ4n) is 2.02. The van der Waals surface area contributed by atoms with Crippen LogP contribution < -0.4 is 5.46 Å². The summed E-state index contributed by atoms with van der Waals surface area (Å²) in [4.78, 5) is 3.77. The van der Waals surface area contributed by atoms with Gasteiger partial charge in [0.2, 0.25) is 5.95 Å². The fraction of sp³-hybridized carbons (Fsp3) is 0.267. The van der Waals surface area contributed by atoms with Crippen LogP contribution in [0.5, 0.6) is 0 Å². The van der Waals surface area contributed by atoms with E-state index in [1.165, 1.54) is 11.6 Å². The second-order valence-electron chi connectivity index (χ2n) is 4.75. The zero-order chi connectivity index (χ0) is 14.5. The maximum Gasteiger partial charge on any atom is 0.493 e. The molecule has 0 aliphatic rings. The largest absolute Gasteiger partial charge is 0.493 e. The Bertz CT molecular complexity index is 573. The average Bonchev–Trinajstić information content (AvgIpc) is 2.45. The highest BCUT2D eigenvalue weighted by molar-refractivity contribution is 6.58. The average molecular weight is 273 g/mol. The first-order valence-corrected chi connectivity index (χ1v) is 6.73. The molecule has 2 aromatic rings. The lowest BCUT2D eigenvalue weighted by Gasteiger charge is -2.06. The van der Waals surface area contributed by atoms with Crippen LogP contribution in [0.4, 0.5) is 4.39 Å². The Morgan fingerprint density at radius 3 is 2.35 bits per heavy atom. The van der Waals surface area contributed by atoms with Gasteiger partial charge in [0.1, 0.15) is 0 Å². The van der Waals surface area contributed by atoms with Crippen molar-refractivity contribution in [1.29, 1.82) is 0 Å². The van der Waals surface area contributed by atoms with Crippen LogP contribution in [0.15, 0.2) is 36.4 Å². The number of hydrogen-bond donors (Lipinski definition) is 2. The van der Waals surface area contributed by atoms with Crippen molar-refractivity contribution in [2.45, 2.75) is 26.2 Å². The van der Waals surface area contributed by atoms with Crippen LogP contribution in [-0.2, 0) is 6.42 Å². The lowest BCUT2D eigenvalue weighted by molar-refractivity contribution is 0.422. The van der Waals surface area contributed by atoms with Gasteiger partial charge in [-0.2, -0.15) is 4.39 Å². The molecule has 1 aromatic heterocycles. The third-order valence-electron chi connectivity index (χ3n) is 3.22. The van der Waals surface area contributed by atoms with Gasteiger partial charge in [0.25, 0.3) is 0 Å². The highest BCUT2D eigenvalue weighted by atomic mass is 19.1. The van der Waals surface area contributed by atoms with Gasteiger partial charge in [-0.1, -0.05) is 43.7 Å². The molecule has 104 valence electrons. The molecule has 1 heterocycles. The summed E-state index contributed by atoms with van der Waals surface area (Å²) < 4.78 is 13.6. The minimum atomic E-state index is -1.84. The number of aromatic nitrogens is 1. The molecule has 0 radical (unpaired) electrons. The maximum absolute atomic E-state index is 13.6. The van der Waals surface area contributed by atoms with Crippen LogP contribution in [0.2, 0.25) is 0 Å². The summed E-state index contributed by atoms with van der Waals surface area (Å²) in [5.41, 5.74) is 2.32. The van der Waals surface area contributed by atoms with Crippen LogP contribution in [0.25, 0.3) is 11.3 Å². The van der Waals surface area contributed by atoms with Gasteiger partial charge in [-0.15, -0.1) is 0 Å². The Labute approximate surface area is 118 Å². The first-order valence-electron chi connectivity index (χ1n) is 6.73. The molecule has 0 atom stereocenters. The molecule has 0 aliphatic carbocycles. The molecule has 2 rings (SSSR count). The molecular formula is C15H17BFNO2. The second-order valence-corrected chi connectivity index (χ2v) is 4.75. The molecule has 0 aliphatic heterocycles. The van der Waals surface area contributed by atoms with E-state index in [1.54, 1.807) is 6.07 Å². The van der Waals surface area contributed by atoms with Crippen LogP contribution in [0, 0.1) is 5.95 Å². The maximum atomic E-state index is 13.6. The molecule has 5 heteroatoms. The lowest BCUT2D eigenvalue weighted by Crippen LogP contribution is -2.33. The molecule has 2 N–H and O–H groups in total. The summed E-state index contributed by atoms with van der Waals surface area (Å²) in [5.74, 6) is -0.854. The number of hydrogen-bond acceptors (Lipinski definition) is 3. The van der Waals surface area contributed by atoms with Gasteiger partial charge in [0.15, 0.2) is 0 Å². The van der Waals surface area contributed by atoms with Crippen molar-refractivity contribution in [3.8, 4) is 11.3 Å². The number of rotatable bonds is 5. The summed E-state index contributed by atoms with van der Waals surface area (Å²) in [7, 11) is -1.84. The smallest absolute Gasteiger partial charge is 0.423 e. The highest BCUT2D eigenvalue weighted by Crippen LogP contribution is 2.18. The van der Waals surface area contributed by atoms with E-state index in [0.29, 0.717) is 5.69 Å². The molecular weight excluding hydrogens is 256 g/mol. The summed E-state index contributed by atoms with van der Waals surface area (Å²) in [6.45, 7) is 2.15. The van der Waals surface area contributed by atoms with Crippen molar-refractivity contribution in [2.75, 3.05) is 0 Å². The van der Waals surface area contributed by atoms with Gasteiger partial charge >= 0.3 is 7.12 Å². The van der Waals surface area contributed by atoms with Gasteiger partial charge in [-0.25, -0.2) is 4.98 Å². The summed E-state index contributed by atoms with van der Waals surface area (Å²) in [6, 6.07) is 10.8. The van der Waals surface area contributed by atoms with E-state index < -0.39 is 13.1 Å². The predicted octanol–water partition coefficient (Wildman–Crippen LogP) is 1.91. The molecule has 0 fully saturated rings. The number of pyridine rings is 1. The molecule has 0 bridgehead atoms. The van der Waals surface area contributed by atoms with Crippen molar-refractivity contribution >= 4 is 12.6 Å². The molecule has 0 amide bonds. The second kappa shape index (κ2) is 6.63. The quantitative estimate of drug-likeness (QED) is 0.646. The Balaban J connectivity index is 2.21. The third-order valence-corrected chi connectivity index (χ3v) is 3.22. The molecule has 0 unspecified atom stereocenters. The fourth-order valence-corrected chi connectivity index (χ4v) is 2.02. The monoisotopic (exact) mass is 273 g/mol. The Hall–Kier alpha value is -1.72. The summed E-state index contributed by atoms with van der Waals surface area (Å²) in [6.07, 6.45) is 3.34. The minimum absolute atomic E-state index is 0.215. The topological polar surface area (TPSA) is 53.4 Å². The van der Waals surface area contributed by atoms with Crippen LogP contribution in [0.1, 0.15) is 25.3 Å². The van der Waals surface area contributed by atoms with Gasteiger partial charge in [-0.05, 0) is 24.5 Å². The molecule has 1 aromatic carbocycles. The van der Waals surface area contributed by atoms with E-state index in [4.69, 9.17) is 10.0 Å². The number of halogens is 1. The molecule has 20 heavy (non-hydrogen) atoms. The summed E-state index contributed by atoms with van der Waals surface area (Å²) >= 11 is 0. The molecule has 0 spiro atoms. The number of unbranched alkanes of at least 4 members (excludes halogenated alkanes) is 1. The molecule has 0 saturated carbocycles. The van der Waals surface area contributed by atoms with Crippen LogP contribution in [0.3, 0.4) is 0 Å². The van der Waals surface area contributed by atoms with Crippen molar-refractivity contribution in [3.05, 3.63) is 47.9 Å². The number of nitrogens with zero attached hydrogens (tertiary/aromatic N) is 1. The van der Waals surface area contributed by atoms with Gasteiger partial charge in [-0.3, -0.25) is 0 Å². The first-order chi connectivity index (χ1) is 9.61. The van der Waals surface area contributed by atoms with Gasteiger partial charge < -0.3 is 10.0 Å². The van der Waals surface area contributed by atoms with Crippen molar-refractivity contribution in [3.63, 3.8) is 0 Å². The number of benzene rings is 1. The van der Waals surface area contributed by atoms with E-state index in [0.717, 1.165) is 24.8 Å². The van der Waals surface area contributed by atoms with Gasteiger partial charge in [0, 0.05) is 11.0 Å². The van der Waals surface area contributed by atoms with E-state index in [1.807, 2.05) is 24.3 Å². The standard InChI is InChI=1S/C15H17BFNO2/c1-2-3-4-11-5-7-12(8-6-11)14-10-9-13(16(19)20)15(17)18-14/h5-10,19-20H,2-4H2,1H3. The zero-order valence-electron chi connectivity index (χ0n) is 11.4. The normalized spacial score (nSPS) is 10.6. The Morgan fingerprint density at radius 2 is 1.80 bits per heavy atom. The predicted molar refractivity (Wildman–Crippen MR) is 78.1 cm³/mol. The van der Waals surface area contributed by atoms with Crippen LogP contribution >= 0.6 is 0 Å². The highest BCUT2D eigenvalue weighted by Gasteiger charge is 2.18. The van der Waals surface area contributed by atoms with E-state index in [-0.39, 0.29) is 5.46 Å². The molecule has 3 nitrogen and oxygen atoms in total. The van der Waals surface area contributed by atoms with Crippen molar-refractivity contribution in [2.24, 2.45) is 0 Å². The van der Waals surface area contributed by atoms with E-state index in [2.05, 4.69) is 11.9 Å². The van der Waals surface area contributed by atoms with Crippen LogP contribution in [-0.4, -0.2) is 22.2 Å². The summed E-state index contributed by atoms with van der Waals surface area (Å²) in [5, 5.41) is 17.9. The number of aryl methyl sites for hydroxylation is 1. The van der Waals surface area contributed by atoms with Gasteiger partial charge in [0.05, 0.1) is 5.69 Å². The lowest BCUT2D eigenvalue weighted by atomic mass is 9.81.